The van der Waals surface area contributed by atoms with Crippen LogP contribution in [0.5, 0.6) is 0 Å². The molecule has 8 saturated heterocycles. The van der Waals surface area contributed by atoms with Crippen LogP contribution >= 0.6 is 0 Å². The standard InChI is InChI=1S/C56H80N14O18/c1-87-55(85)39-23-47(77)67(31-39)13-7-61-51(81)35-19-43(73)63(27-35)9-3-57-49(79)33-17-41(71)65(25-33)11-5-59-53(83)37-21-45(75)69(29-37)15-16-70-30-38(22-46(70)76)54(84)60-6-12-66-26-34(18-42(66)72)50(80)58-4-10-64-28-36(20-44(64)74)52(82)62-8-14-68-32-40(24-48(68)78)56(86)88-2/h33-40H,3-32H2,1-2H3,(H,57,79)(H,58,80)(H,59,83)(H,60,84)(H,61,81)(H,62,82). The lowest BCUT2D eigenvalue weighted by molar-refractivity contribution is -0.145. The van der Waals surface area contributed by atoms with Gasteiger partial charge in [-0.15, -0.1) is 0 Å². The molecule has 32 nitrogen and oxygen atoms in total. The van der Waals surface area contributed by atoms with E-state index in [1.54, 1.807) is 0 Å². The predicted molar refractivity (Wildman–Crippen MR) is 300 cm³/mol. The van der Waals surface area contributed by atoms with Gasteiger partial charge in [-0.2, -0.15) is 0 Å². The Balaban J connectivity index is 0.638. The van der Waals surface area contributed by atoms with E-state index in [2.05, 4.69) is 31.9 Å². The minimum Gasteiger partial charge on any atom is -0.469 e. The molecule has 8 aliphatic rings. The molecule has 88 heavy (non-hydrogen) atoms. The zero-order valence-corrected chi connectivity index (χ0v) is 49.8. The first-order chi connectivity index (χ1) is 42.1. The van der Waals surface area contributed by atoms with Gasteiger partial charge in [0.25, 0.3) is 0 Å². The van der Waals surface area contributed by atoms with Crippen molar-refractivity contribution in [2.24, 2.45) is 47.3 Å². The maximum atomic E-state index is 13.1. The van der Waals surface area contributed by atoms with Crippen LogP contribution in [0.3, 0.4) is 0 Å². The molecule has 8 fully saturated rings. The summed E-state index contributed by atoms with van der Waals surface area (Å²) in [5, 5.41) is 16.6. The molecule has 8 unspecified atom stereocenters. The van der Waals surface area contributed by atoms with Gasteiger partial charge in [-0.05, 0) is 0 Å². The Bertz CT molecular complexity index is 2600. The highest BCUT2D eigenvalue weighted by Gasteiger charge is 2.42. The van der Waals surface area contributed by atoms with Crippen LogP contribution in [-0.4, -0.2) is 292 Å². The summed E-state index contributed by atoms with van der Waals surface area (Å²) >= 11 is 0. The number of rotatable bonds is 29. The fraction of sp³-hybridized carbons (Fsp3) is 0.714. The van der Waals surface area contributed by atoms with Crippen molar-refractivity contribution < 1.29 is 86.2 Å². The fourth-order valence-corrected chi connectivity index (χ4v) is 12.6. The number of esters is 2. The Morgan fingerprint density at radius 3 is 0.591 bits per heavy atom. The number of hydrogen-bond donors (Lipinski definition) is 6. The molecular weight excluding hydrogens is 1160 g/mol. The smallest absolute Gasteiger partial charge is 0.310 e. The van der Waals surface area contributed by atoms with E-state index in [0.29, 0.717) is 0 Å². The quantitative estimate of drug-likeness (QED) is 0.0379. The first kappa shape index (κ1) is 65.5. The maximum absolute atomic E-state index is 13.1. The second-order valence-corrected chi connectivity index (χ2v) is 23.7. The zero-order chi connectivity index (χ0) is 63.3. The Morgan fingerprint density at radius 2 is 0.420 bits per heavy atom. The largest absolute Gasteiger partial charge is 0.469 e. The average Bonchev–Trinajstić information content (AvgIpc) is 4.56. The lowest BCUT2D eigenvalue weighted by Gasteiger charge is -2.22. The van der Waals surface area contributed by atoms with Gasteiger partial charge in [0.05, 0.1) is 61.6 Å². The highest BCUT2D eigenvalue weighted by Crippen LogP contribution is 2.25. The van der Waals surface area contributed by atoms with Gasteiger partial charge in [-0.25, -0.2) is 0 Å². The molecule has 8 heterocycles. The highest BCUT2D eigenvalue weighted by molar-refractivity contribution is 5.94. The van der Waals surface area contributed by atoms with Crippen LogP contribution in [0.2, 0.25) is 0 Å². The number of nitrogens with zero attached hydrogens (tertiary/aromatic N) is 8. The van der Waals surface area contributed by atoms with Crippen molar-refractivity contribution in [1.82, 2.24) is 71.1 Å². The Kier molecular flexibility index (Phi) is 22.3. The molecule has 0 saturated carbocycles. The van der Waals surface area contributed by atoms with Crippen molar-refractivity contribution in [3.8, 4) is 0 Å². The van der Waals surface area contributed by atoms with E-state index in [0.717, 1.165) is 0 Å². The number of methoxy groups -OCH3 is 2. The van der Waals surface area contributed by atoms with Gasteiger partial charge < -0.3 is 80.6 Å². The second-order valence-electron chi connectivity index (χ2n) is 23.7. The number of carbonyl (C=O) groups excluding carboxylic acids is 16. The molecule has 482 valence electrons. The summed E-state index contributed by atoms with van der Waals surface area (Å²) in [4.78, 5) is 215. The van der Waals surface area contributed by atoms with Crippen molar-refractivity contribution in [3.63, 3.8) is 0 Å². The van der Waals surface area contributed by atoms with Gasteiger partial charge in [0, 0.05) is 195 Å². The second kappa shape index (κ2) is 29.9. The number of likely N-dealkylation sites (tertiary alicyclic amines) is 8. The Morgan fingerprint density at radius 1 is 0.273 bits per heavy atom. The van der Waals surface area contributed by atoms with E-state index >= 15 is 0 Å². The summed E-state index contributed by atoms with van der Waals surface area (Å²) in [7, 11) is 2.52. The monoisotopic (exact) mass is 1240 g/mol. The van der Waals surface area contributed by atoms with Crippen LogP contribution < -0.4 is 31.9 Å². The number of ether oxygens (including phenoxy) is 2. The molecule has 0 bridgehead atoms. The highest BCUT2D eigenvalue weighted by atomic mass is 16.5. The summed E-state index contributed by atoms with van der Waals surface area (Å²) in [6.07, 6.45) is -0.104. The topological polar surface area (TPSA) is 390 Å². The summed E-state index contributed by atoms with van der Waals surface area (Å²) in [5.41, 5.74) is 0. The molecule has 0 aromatic carbocycles. The minimum atomic E-state index is -0.674. The molecular formula is C56H80N14O18. The SMILES string of the molecule is COC(=O)C1CC(=O)N(CCNC(=O)C2CC(=O)N(CCNC(=O)C3CC(=O)N(CCNC(=O)C4CC(=O)N(CCN5CC(C(=O)NCCN6CC(C(=O)NCCN7CC(C(=O)NCCN8CC(C(=O)OC)CC8=O)CC7=O)CC6=O)CC5=O)C4)C3)C2)C1. The van der Waals surface area contributed by atoms with Crippen molar-refractivity contribution in [2.75, 3.05) is 158 Å². The van der Waals surface area contributed by atoms with Crippen LogP contribution in [0.15, 0.2) is 0 Å². The summed E-state index contributed by atoms with van der Waals surface area (Å²) in [5.74, 6) is -10.1. The van der Waals surface area contributed by atoms with Crippen LogP contribution in [0, 0.1) is 47.3 Å². The third-order valence-electron chi connectivity index (χ3n) is 17.7. The molecule has 0 aromatic rings. The number of hydrogen-bond acceptors (Lipinski definition) is 18. The van der Waals surface area contributed by atoms with Gasteiger partial charge in [-0.1, -0.05) is 0 Å². The fourth-order valence-electron chi connectivity index (χ4n) is 12.6. The zero-order valence-electron chi connectivity index (χ0n) is 49.8. The van der Waals surface area contributed by atoms with Gasteiger partial charge in [0.1, 0.15) is 0 Å². The van der Waals surface area contributed by atoms with Gasteiger partial charge in [-0.3, -0.25) is 76.7 Å². The number of carbonyl (C=O) groups is 16. The summed E-state index contributed by atoms with van der Waals surface area (Å²) in [6, 6.07) is 0. The van der Waals surface area contributed by atoms with E-state index < -0.39 is 59.3 Å². The first-order valence-electron chi connectivity index (χ1n) is 30.1. The molecule has 14 amide bonds. The summed E-state index contributed by atoms with van der Waals surface area (Å²) in [6.45, 7) is 3.13. The van der Waals surface area contributed by atoms with Crippen LogP contribution in [0.4, 0.5) is 0 Å². The Labute approximate surface area is 507 Å². The van der Waals surface area contributed by atoms with Crippen LogP contribution in [0.25, 0.3) is 0 Å². The van der Waals surface area contributed by atoms with E-state index in [1.807, 2.05) is 0 Å². The normalized spacial score (nSPS) is 25.4. The number of nitrogens with one attached hydrogen (secondary N) is 6. The molecule has 0 aromatic heterocycles. The van der Waals surface area contributed by atoms with Gasteiger partial charge in [0.15, 0.2) is 0 Å². The minimum absolute atomic E-state index is 0.00864. The van der Waals surface area contributed by atoms with Gasteiger partial charge >= 0.3 is 11.9 Å². The maximum Gasteiger partial charge on any atom is 0.310 e. The average molecular weight is 1240 g/mol. The Hall–Kier alpha value is -8.48. The number of amides is 14. The van der Waals surface area contributed by atoms with Crippen LogP contribution in [0.1, 0.15) is 51.4 Å². The van der Waals surface area contributed by atoms with E-state index in [-0.39, 0.29) is 278 Å². The van der Waals surface area contributed by atoms with E-state index in [9.17, 15) is 76.7 Å². The molecule has 8 atom stereocenters. The van der Waals surface area contributed by atoms with E-state index in [4.69, 9.17) is 9.47 Å². The predicted octanol–water partition coefficient (Wildman–Crippen LogP) is -7.18. The van der Waals surface area contributed by atoms with Crippen molar-refractivity contribution >= 4 is 94.6 Å². The first-order valence-corrected chi connectivity index (χ1v) is 30.1. The van der Waals surface area contributed by atoms with Crippen molar-refractivity contribution in [1.29, 1.82) is 0 Å². The molecule has 0 aliphatic carbocycles. The molecule has 8 rings (SSSR count). The third-order valence-corrected chi connectivity index (χ3v) is 17.7. The van der Waals surface area contributed by atoms with Crippen molar-refractivity contribution in [3.05, 3.63) is 0 Å². The molecule has 8 aliphatic heterocycles. The van der Waals surface area contributed by atoms with Gasteiger partial charge in [0.2, 0.25) is 82.7 Å². The van der Waals surface area contributed by atoms with Crippen LogP contribution in [-0.2, 0) is 86.2 Å². The van der Waals surface area contributed by atoms with Crippen molar-refractivity contribution in [2.45, 2.75) is 51.4 Å². The summed E-state index contributed by atoms with van der Waals surface area (Å²) < 4.78 is 9.43. The lowest BCUT2D eigenvalue weighted by Crippen LogP contribution is -2.41. The molecule has 6 N–H and O–H groups in total. The van der Waals surface area contributed by atoms with E-state index in [1.165, 1.54) is 53.4 Å². The molecule has 0 radical (unpaired) electrons. The molecule has 0 spiro atoms. The lowest BCUT2D eigenvalue weighted by atomic mass is 10.1. The molecule has 32 heteroatoms. The third kappa shape index (κ3) is 16.8.